The van der Waals surface area contributed by atoms with Crippen LogP contribution in [-0.2, 0) is 19.1 Å². The van der Waals surface area contributed by atoms with Crippen molar-refractivity contribution in [3.8, 4) is 0 Å². The van der Waals surface area contributed by atoms with Crippen molar-refractivity contribution in [3.05, 3.63) is 11.1 Å². The summed E-state index contributed by atoms with van der Waals surface area (Å²) in [4.78, 5) is 26.2. The molecule has 1 fully saturated rings. The minimum absolute atomic E-state index is 0.149. The quantitative estimate of drug-likeness (QED) is 0.103. The van der Waals surface area contributed by atoms with Gasteiger partial charge in [-0.15, -0.1) is 0 Å². The summed E-state index contributed by atoms with van der Waals surface area (Å²) in [5.41, 5.74) is 1.24. The van der Waals surface area contributed by atoms with E-state index in [4.69, 9.17) is 9.47 Å². The van der Waals surface area contributed by atoms with Crippen LogP contribution < -0.4 is 0 Å². The minimum atomic E-state index is -0.282. The van der Waals surface area contributed by atoms with E-state index in [1.54, 1.807) is 0 Å². The molecule has 0 amide bonds. The van der Waals surface area contributed by atoms with Gasteiger partial charge in [0, 0.05) is 5.57 Å². The van der Waals surface area contributed by atoms with Crippen molar-refractivity contribution in [2.45, 2.75) is 143 Å². The third-order valence-corrected chi connectivity index (χ3v) is 6.80. The molecule has 0 aromatic rings. The van der Waals surface area contributed by atoms with E-state index >= 15 is 0 Å². The first-order valence-electron chi connectivity index (χ1n) is 14.2. The van der Waals surface area contributed by atoms with E-state index in [-0.39, 0.29) is 17.9 Å². The van der Waals surface area contributed by atoms with E-state index in [9.17, 15) is 9.59 Å². The van der Waals surface area contributed by atoms with Gasteiger partial charge in [0.2, 0.25) is 0 Å². The van der Waals surface area contributed by atoms with E-state index in [2.05, 4.69) is 20.8 Å². The molecule has 4 heteroatoms. The third kappa shape index (κ3) is 13.2. The third-order valence-electron chi connectivity index (χ3n) is 6.80. The van der Waals surface area contributed by atoms with Crippen molar-refractivity contribution in [2.75, 3.05) is 13.2 Å². The molecular weight excluding hydrogens is 412 g/mol. The highest BCUT2D eigenvalue weighted by molar-refractivity contribution is 6.00. The van der Waals surface area contributed by atoms with Crippen LogP contribution in [0.3, 0.4) is 0 Å². The van der Waals surface area contributed by atoms with Crippen LogP contribution in [0.25, 0.3) is 0 Å². The average molecular weight is 465 g/mol. The molecule has 0 saturated heterocycles. The van der Waals surface area contributed by atoms with Gasteiger partial charge in [-0.05, 0) is 44.4 Å². The number of hydrogen-bond acceptors (Lipinski definition) is 4. The molecule has 192 valence electrons. The molecule has 1 rings (SSSR count). The Bertz CT molecular complexity index is 546. The molecule has 0 spiro atoms. The number of carbonyl (C=O) groups excluding carboxylic acids is 2. The molecule has 0 unspecified atom stereocenters. The van der Waals surface area contributed by atoms with Gasteiger partial charge in [0.1, 0.15) is 0 Å². The van der Waals surface area contributed by atoms with Gasteiger partial charge in [0.25, 0.3) is 0 Å². The van der Waals surface area contributed by atoms with E-state index in [0.29, 0.717) is 30.8 Å². The Morgan fingerprint density at radius 1 is 0.606 bits per heavy atom. The van der Waals surface area contributed by atoms with Gasteiger partial charge in [-0.1, -0.05) is 104 Å². The molecule has 0 atom stereocenters. The van der Waals surface area contributed by atoms with Crippen LogP contribution in [0.4, 0.5) is 0 Å². The number of esters is 2. The zero-order chi connectivity index (χ0) is 24.2. The lowest BCUT2D eigenvalue weighted by Crippen LogP contribution is -2.22. The normalized spacial score (nSPS) is 14.9. The monoisotopic (exact) mass is 464 g/mol. The summed E-state index contributed by atoms with van der Waals surface area (Å²) < 4.78 is 11.4. The van der Waals surface area contributed by atoms with Crippen LogP contribution in [0.5, 0.6) is 0 Å². The summed E-state index contributed by atoms with van der Waals surface area (Å²) in [6.07, 6.45) is 20.6. The molecule has 33 heavy (non-hydrogen) atoms. The van der Waals surface area contributed by atoms with Gasteiger partial charge in [-0.25, -0.2) is 9.59 Å². The van der Waals surface area contributed by atoms with E-state index < -0.39 is 0 Å². The summed E-state index contributed by atoms with van der Waals surface area (Å²) >= 11 is 0. The summed E-state index contributed by atoms with van der Waals surface area (Å²) in [5, 5.41) is 0. The van der Waals surface area contributed by atoms with Crippen LogP contribution >= 0.6 is 0 Å². The Hall–Kier alpha value is -1.32. The SMILES string of the molecule is CCCCCCCCOC(=O)/C(CCCC)=C(\C(=O)OCCCCCCCC)C1CCCC1. The standard InChI is InChI=1S/C29H52O4/c1-4-7-10-12-14-18-23-32-28(30)26(22-9-6-3)27(25-20-16-17-21-25)29(31)33-24-19-15-13-11-8-5-2/h25H,4-24H2,1-3H3/b27-26-. The smallest absolute Gasteiger partial charge is 0.334 e. The molecule has 1 aliphatic rings. The van der Waals surface area contributed by atoms with Crippen LogP contribution in [-0.4, -0.2) is 25.2 Å². The van der Waals surface area contributed by atoms with E-state index in [1.807, 2.05) is 0 Å². The highest BCUT2D eigenvalue weighted by atomic mass is 16.5. The zero-order valence-electron chi connectivity index (χ0n) is 22.1. The molecule has 0 N–H and O–H groups in total. The van der Waals surface area contributed by atoms with Crippen LogP contribution in [0.1, 0.15) is 143 Å². The maximum absolute atomic E-state index is 13.2. The topological polar surface area (TPSA) is 52.6 Å². The first-order valence-corrected chi connectivity index (χ1v) is 14.2. The van der Waals surface area contributed by atoms with Gasteiger partial charge < -0.3 is 9.47 Å². The number of carbonyl (C=O) groups is 2. The Labute approximate surface area is 204 Å². The molecule has 0 aromatic heterocycles. The van der Waals surface area contributed by atoms with Crippen molar-refractivity contribution >= 4 is 11.9 Å². The Balaban J connectivity index is 2.72. The van der Waals surface area contributed by atoms with Gasteiger partial charge in [0.05, 0.1) is 18.8 Å². The van der Waals surface area contributed by atoms with Gasteiger partial charge in [-0.3, -0.25) is 0 Å². The summed E-state index contributed by atoms with van der Waals surface area (Å²) in [6.45, 7) is 7.45. The summed E-state index contributed by atoms with van der Waals surface area (Å²) in [5.74, 6) is -0.399. The second kappa shape index (κ2) is 20.1. The second-order valence-electron chi connectivity index (χ2n) is 9.78. The molecule has 1 saturated carbocycles. The Kier molecular flexibility index (Phi) is 18.1. The predicted octanol–water partition coefficient (Wildman–Crippen LogP) is 8.47. The highest BCUT2D eigenvalue weighted by Crippen LogP contribution is 2.35. The average Bonchev–Trinajstić information content (AvgIpc) is 3.34. The van der Waals surface area contributed by atoms with E-state index in [0.717, 1.165) is 64.2 Å². The predicted molar refractivity (Wildman–Crippen MR) is 137 cm³/mol. The minimum Gasteiger partial charge on any atom is -0.462 e. The fourth-order valence-electron chi connectivity index (χ4n) is 4.71. The molecule has 1 aliphatic carbocycles. The lowest BCUT2D eigenvalue weighted by atomic mass is 9.90. The second-order valence-corrected chi connectivity index (χ2v) is 9.78. The van der Waals surface area contributed by atoms with Gasteiger partial charge >= 0.3 is 11.9 Å². The molecule has 0 heterocycles. The maximum Gasteiger partial charge on any atom is 0.334 e. The fraction of sp³-hybridized carbons (Fsp3) is 0.862. The molecule has 0 bridgehead atoms. The molecule has 4 nitrogen and oxygen atoms in total. The zero-order valence-corrected chi connectivity index (χ0v) is 22.1. The van der Waals surface area contributed by atoms with Crippen molar-refractivity contribution in [3.63, 3.8) is 0 Å². The molecule has 0 aromatic carbocycles. The summed E-state index contributed by atoms with van der Waals surface area (Å²) in [7, 11) is 0. The number of unbranched alkanes of at least 4 members (excludes halogenated alkanes) is 11. The first kappa shape index (κ1) is 29.7. The maximum atomic E-state index is 13.2. The van der Waals surface area contributed by atoms with Crippen LogP contribution in [0, 0.1) is 5.92 Å². The number of ether oxygens (including phenoxy) is 2. The largest absolute Gasteiger partial charge is 0.462 e. The molecule has 0 radical (unpaired) electrons. The van der Waals surface area contributed by atoms with Crippen molar-refractivity contribution < 1.29 is 19.1 Å². The number of hydrogen-bond donors (Lipinski definition) is 0. The lowest BCUT2D eigenvalue weighted by Gasteiger charge is -2.19. The Morgan fingerprint density at radius 2 is 1.06 bits per heavy atom. The first-order chi connectivity index (χ1) is 16.2. The Morgan fingerprint density at radius 3 is 1.58 bits per heavy atom. The van der Waals surface area contributed by atoms with Crippen LogP contribution in [0.2, 0.25) is 0 Å². The molecule has 0 aliphatic heterocycles. The van der Waals surface area contributed by atoms with Gasteiger partial charge in [-0.2, -0.15) is 0 Å². The van der Waals surface area contributed by atoms with Crippen molar-refractivity contribution in [1.82, 2.24) is 0 Å². The summed E-state index contributed by atoms with van der Waals surface area (Å²) in [6, 6.07) is 0. The van der Waals surface area contributed by atoms with E-state index in [1.165, 1.54) is 51.4 Å². The molecular formula is C29H52O4. The lowest BCUT2D eigenvalue weighted by molar-refractivity contribution is -0.143. The van der Waals surface area contributed by atoms with Crippen LogP contribution in [0.15, 0.2) is 11.1 Å². The number of rotatable bonds is 20. The van der Waals surface area contributed by atoms with Crippen molar-refractivity contribution in [2.24, 2.45) is 5.92 Å². The fourth-order valence-corrected chi connectivity index (χ4v) is 4.71. The van der Waals surface area contributed by atoms with Crippen molar-refractivity contribution in [1.29, 1.82) is 0 Å². The van der Waals surface area contributed by atoms with Gasteiger partial charge in [0.15, 0.2) is 0 Å². The highest BCUT2D eigenvalue weighted by Gasteiger charge is 2.31.